The summed E-state index contributed by atoms with van der Waals surface area (Å²) in [5, 5.41) is 15.5. The van der Waals surface area contributed by atoms with Gasteiger partial charge in [-0.15, -0.1) is 0 Å². The van der Waals surface area contributed by atoms with Crippen LogP contribution in [0, 0.1) is 23.5 Å². The fourth-order valence-electron chi connectivity index (χ4n) is 9.58. The standard InChI is InChI=1S/C48H62F3N9O8/c1-10-34(54-42(61)24(3)56(8)46(65)66)44(63)58-22-29(51)17-30(58)20-33-31-14-12-27(49)18-36(31)52-40(33)41-53-37-19-28(50)13-15-38(37)59(41)23-39-32-16-26(32)21-60(39)45(64)35(11-2)55-43(62)25(4)57(9)47(67)68-48(5,6)7/h12-15,18-19,24-26,29-30,32,34-35,39,52H,10-11,16-17,20-23H2,1-9H3,(H,54,61)(H,55,62)(H,65,66)/t24-,25-,26-,29-,30-,32-,34-,35-,39+/m0/s1. The fraction of sp³-hybridized carbons (Fsp3) is 0.562. The molecule has 0 spiro atoms. The largest absolute Gasteiger partial charge is 0.465 e. The second-order valence-corrected chi connectivity index (χ2v) is 19.5. The van der Waals surface area contributed by atoms with Crippen molar-refractivity contribution in [3.8, 4) is 11.5 Å². The zero-order valence-corrected chi connectivity index (χ0v) is 39.9. The number of nitrogens with zero attached hydrogens (tertiary/aromatic N) is 6. The van der Waals surface area contributed by atoms with Gasteiger partial charge in [-0.2, -0.15) is 0 Å². The molecule has 0 radical (unpaired) electrons. The van der Waals surface area contributed by atoms with Crippen LogP contribution in [0.3, 0.4) is 0 Å². The molecule has 2 aliphatic heterocycles. The second-order valence-electron chi connectivity index (χ2n) is 19.5. The van der Waals surface area contributed by atoms with E-state index >= 15 is 4.39 Å². The number of alkyl halides is 1. The summed E-state index contributed by atoms with van der Waals surface area (Å²) in [6, 6.07) is 3.26. The van der Waals surface area contributed by atoms with Gasteiger partial charge in [0.2, 0.25) is 23.6 Å². The maximum atomic E-state index is 15.5. The van der Waals surface area contributed by atoms with Gasteiger partial charge in [-0.25, -0.2) is 27.7 Å². The maximum absolute atomic E-state index is 15.5. The summed E-state index contributed by atoms with van der Waals surface area (Å²) in [6.07, 6.45) is -2.10. The number of piperidine rings is 1. The zero-order chi connectivity index (χ0) is 49.7. The van der Waals surface area contributed by atoms with Crippen molar-refractivity contribution in [1.29, 1.82) is 0 Å². The van der Waals surface area contributed by atoms with E-state index in [1.807, 2.05) is 4.57 Å². The average Bonchev–Trinajstić information content (AvgIpc) is 3.49. The lowest BCUT2D eigenvalue weighted by Gasteiger charge is -2.33. The first-order valence-electron chi connectivity index (χ1n) is 23.2. The molecule has 20 heteroatoms. The zero-order valence-electron chi connectivity index (χ0n) is 39.9. The third-order valence-corrected chi connectivity index (χ3v) is 13.8. The molecule has 1 saturated carbocycles. The molecule has 4 heterocycles. The number of fused-ring (bicyclic) bond motifs is 3. The number of rotatable bonds is 15. The van der Waals surface area contributed by atoms with Crippen LogP contribution in [-0.4, -0.2) is 150 Å². The van der Waals surface area contributed by atoms with Crippen LogP contribution in [-0.2, 0) is 36.9 Å². The van der Waals surface area contributed by atoms with Gasteiger partial charge in [-0.3, -0.25) is 29.0 Å². The molecule has 4 aromatic rings. The highest BCUT2D eigenvalue weighted by Gasteiger charge is 2.55. The Bertz CT molecular complexity index is 2610. The first-order valence-corrected chi connectivity index (χ1v) is 23.2. The lowest BCUT2D eigenvalue weighted by Crippen LogP contribution is -2.55. The minimum Gasteiger partial charge on any atom is -0.465 e. The van der Waals surface area contributed by atoms with Crippen LogP contribution in [0.25, 0.3) is 33.5 Å². The van der Waals surface area contributed by atoms with Gasteiger partial charge in [0, 0.05) is 56.6 Å². The number of amides is 6. The van der Waals surface area contributed by atoms with Crippen molar-refractivity contribution in [3.63, 3.8) is 0 Å². The summed E-state index contributed by atoms with van der Waals surface area (Å²) in [4.78, 5) is 93.1. The maximum Gasteiger partial charge on any atom is 0.410 e. The van der Waals surface area contributed by atoms with E-state index in [1.54, 1.807) is 58.6 Å². The van der Waals surface area contributed by atoms with Crippen molar-refractivity contribution in [2.75, 3.05) is 27.2 Å². The van der Waals surface area contributed by atoms with E-state index in [-0.39, 0.29) is 62.6 Å². The number of nitrogens with one attached hydrogen (secondary N) is 3. The van der Waals surface area contributed by atoms with Gasteiger partial charge in [0.1, 0.15) is 47.6 Å². The number of carboxylic acid groups (broad SMARTS) is 1. The lowest BCUT2D eigenvalue weighted by molar-refractivity contribution is -0.139. The summed E-state index contributed by atoms with van der Waals surface area (Å²) in [6.45, 7) is 12.0. The minimum absolute atomic E-state index is 0.0450. The quantitative estimate of drug-likeness (QED) is 0.113. The molecule has 0 unspecified atom stereocenters. The minimum atomic E-state index is -1.41. The number of likely N-dealkylation sites (tertiary alicyclic amines) is 2. The van der Waals surface area contributed by atoms with Crippen molar-refractivity contribution in [3.05, 3.63) is 53.6 Å². The molecule has 4 N–H and O–H groups in total. The number of hydrogen-bond acceptors (Lipinski definition) is 8. The first kappa shape index (κ1) is 49.6. The molecular formula is C48H62F3N9O8. The predicted molar refractivity (Wildman–Crippen MR) is 246 cm³/mol. The summed E-state index contributed by atoms with van der Waals surface area (Å²) in [5.41, 5.74) is 1.50. The summed E-state index contributed by atoms with van der Waals surface area (Å²) >= 11 is 0. The molecule has 2 saturated heterocycles. The molecule has 3 fully saturated rings. The number of halogens is 3. The molecule has 368 valence electrons. The molecule has 7 rings (SSSR count). The van der Waals surface area contributed by atoms with Crippen LogP contribution >= 0.6 is 0 Å². The fourth-order valence-corrected chi connectivity index (χ4v) is 9.58. The molecule has 17 nitrogen and oxygen atoms in total. The van der Waals surface area contributed by atoms with Crippen LogP contribution in [0.4, 0.5) is 22.8 Å². The molecule has 68 heavy (non-hydrogen) atoms. The Balaban J connectivity index is 1.20. The SMILES string of the molecule is CC[C@H](NC(=O)[C@H](C)N(C)C(=O)O)C(=O)N1C[C@@H](F)C[C@H]1Cc1c(-c2nc3cc(F)ccc3n2C[C@@H]2[C@H]3C[C@H]3CN2C(=O)[C@H](CC)NC(=O)[C@H](C)N(C)C(=O)OC(C)(C)C)[nH]c2cc(F)ccc12. The van der Waals surface area contributed by atoms with E-state index < -0.39 is 83.5 Å². The summed E-state index contributed by atoms with van der Waals surface area (Å²) < 4.78 is 52.7. The molecule has 1 aliphatic carbocycles. The van der Waals surface area contributed by atoms with Gasteiger partial charge in [0.15, 0.2) is 5.82 Å². The summed E-state index contributed by atoms with van der Waals surface area (Å²) in [7, 11) is 2.70. The second kappa shape index (κ2) is 19.3. The van der Waals surface area contributed by atoms with Crippen molar-refractivity contribution >= 4 is 57.8 Å². The Kier molecular flexibility index (Phi) is 14.1. The molecule has 3 aliphatic rings. The van der Waals surface area contributed by atoms with Crippen molar-refractivity contribution < 1.29 is 51.8 Å². The normalized spacial score (nSPS) is 21.8. The van der Waals surface area contributed by atoms with Gasteiger partial charge in [0.05, 0.1) is 29.3 Å². The Morgan fingerprint density at radius 2 is 1.49 bits per heavy atom. The summed E-state index contributed by atoms with van der Waals surface area (Å²) in [5.74, 6) is -2.43. The highest BCUT2D eigenvalue weighted by Crippen LogP contribution is 2.51. The molecule has 9 atom stereocenters. The van der Waals surface area contributed by atoms with E-state index in [4.69, 9.17) is 9.72 Å². The smallest absolute Gasteiger partial charge is 0.410 e. The van der Waals surface area contributed by atoms with Gasteiger partial charge in [-0.1, -0.05) is 13.8 Å². The van der Waals surface area contributed by atoms with E-state index in [1.165, 1.54) is 55.1 Å². The van der Waals surface area contributed by atoms with Crippen LogP contribution in [0.15, 0.2) is 36.4 Å². The van der Waals surface area contributed by atoms with Gasteiger partial charge >= 0.3 is 12.2 Å². The topological polar surface area (TPSA) is 203 Å². The third-order valence-electron chi connectivity index (χ3n) is 13.8. The predicted octanol–water partition coefficient (Wildman–Crippen LogP) is 5.83. The van der Waals surface area contributed by atoms with Gasteiger partial charge < -0.3 is 39.8 Å². The number of likely N-dealkylation sites (N-methyl/N-ethyl adjacent to an activating group) is 2. The van der Waals surface area contributed by atoms with Crippen molar-refractivity contribution in [1.82, 2.24) is 44.8 Å². The Hall–Kier alpha value is -6.34. The Labute approximate surface area is 392 Å². The molecule has 2 aromatic heterocycles. The van der Waals surface area contributed by atoms with E-state index in [0.717, 1.165) is 11.3 Å². The number of carbonyl (C=O) groups excluding carboxylic acids is 5. The van der Waals surface area contributed by atoms with Crippen LogP contribution in [0.5, 0.6) is 0 Å². The Morgan fingerprint density at radius 3 is 2.10 bits per heavy atom. The molecule has 0 bridgehead atoms. The number of hydrogen-bond donors (Lipinski definition) is 4. The number of benzene rings is 2. The number of imidazole rings is 1. The Morgan fingerprint density at radius 1 is 0.882 bits per heavy atom. The number of carbonyl (C=O) groups is 6. The highest BCUT2D eigenvalue weighted by molar-refractivity contribution is 5.94. The third kappa shape index (κ3) is 10.1. The first-order chi connectivity index (χ1) is 32.0. The van der Waals surface area contributed by atoms with E-state index in [9.17, 15) is 42.7 Å². The molecular weight excluding hydrogens is 888 g/mol. The van der Waals surface area contributed by atoms with Crippen molar-refractivity contribution in [2.45, 2.75) is 135 Å². The monoisotopic (exact) mass is 949 g/mol. The van der Waals surface area contributed by atoms with Crippen molar-refractivity contribution in [2.24, 2.45) is 11.8 Å². The number of aromatic nitrogens is 3. The average molecular weight is 950 g/mol. The number of H-pyrrole nitrogens is 1. The van der Waals surface area contributed by atoms with Crippen LogP contribution in [0.1, 0.15) is 79.7 Å². The number of aromatic amines is 1. The highest BCUT2D eigenvalue weighted by atomic mass is 19.1. The van der Waals surface area contributed by atoms with E-state index in [2.05, 4.69) is 15.6 Å². The number of ether oxygens (including phenoxy) is 1. The van der Waals surface area contributed by atoms with Crippen LogP contribution < -0.4 is 10.6 Å². The molecule has 6 amide bonds. The van der Waals surface area contributed by atoms with Gasteiger partial charge in [-0.05, 0) is 108 Å². The molecule has 2 aromatic carbocycles. The van der Waals surface area contributed by atoms with E-state index in [0.29, 0.717) is 45.6 Å². The van der Waals surface area contributed by atoms with Crippen LogP contribution in [0.2, 0.25) is 0 Å². The van der Waals surface area contributed by atoms with Gasteiger partial charge in [0.25, 0.3) is 0 Å². The lowest BCUT2D eigenvalue weighted by atomic mass is 9.99.